The summed E-state index contributed by atoms with van der Waals surface area (Å²) in [5.41, 5.74) is 7.59. The number of rotatable bonds is 5. The molecule has 0 aromatic heterocycles. The van der Waals surface area contributed by atoms with Crippen molar-refractivity contribution in [3.05, 3.63) is 29.8 Å². The standard InChI is InChI=1S/C16H26N2OS/c1-13-16(12-17,9-4-10-20-13)18(2)11-14-5-7-15(19-3)8-6-14/h5-8,13H,4,9-12,17H2,1-3H3. The summed E-state index contributed by atoms with van der Waals surface area (Å²) in [6.45, 7) is 3.99. The van der Waals surface area contributed by atoms with E-state index in [1.54, 1.807) is 7.11 Å². The number of nitrogens with two attached hydrogens (primary N) is 1. The van der Waals surface area contributed by atoms with Crippen LogP contribution in [0.2, 0.25) is 0 Å². The zero-order chi connectivity index (χ0) is 14.6. The minimum atomic E-state index is 0.128. The van der Waals surface area contributed by atoms with Gasteiger partial charge < -0.3 is 10.5 Å². The van der Waals surface area contributed by atoms with E-state index in [4.69, 9.17) is 10.5 Å². The molecule has 1 saturated heterocycles. The van der Waals surface area contributed by atoms with Gasteiger partial charge in [0.25, 0.3) is 0 Å². The van der Waals surface area contributed by atoms with Gasteiger partial charge in [-0.3, -0.25) is 4.90 Å². The SMILES string of the molecule is COc1ccc(CN(C)C2(CN)CCCSC2C)cc1. The fourth-order valence-corrected chi connectivity index (χ4v) is 4.45. The van der Waals surface area contributed by atoms with Gasteiger partial charge in [-0.2, -0.15) is 11.8 Å². The van der Waals surface area contributed by atoms with E-state index >= 15 is 0 Å². The van der Waals surface area contributed by atoms with Crippen LogP contribution in [0.4, 0.5) is 0 Å². The second-order valence-electron chi connectivity index (χ2n) is 5.63. The first-order valence-corrected chi connectivity index (χ1v) is 8.33. The molecule has 112 valence electrons. The van der Waals surface area contributed by atoms with Gasteiger partial charge in [0.2, 0.25) is 0 Å². The zero-order valence-corrected chi connectivity index (χ0v) is 13.6. The van der Waals surface area contributed by atoms with Crippen LogP contribution >= 0.6 is 11.8 Å². The number of ether oxygens (including phenoxy) is 1. The Kier molecular flexibility index (Phi) is 5.35. The highest BCUT2D eigenvalue weighted by atomic mass is 32.2. The second kappa shape index (κ2) is 6.83. The van der Waals surface area contributed by atoms with E-state index < -0.39 is 0 Å². The summed E-state index contributed by atoms with van der Waals surface area (Å²) >= 11 is 2.05. The average molecular weight is 294 g/mol. The van der Waals surface area contributed by atoms with E-state index in [-0.39, 0.29) is 5.54 Å². The molecular formula is C16H26N2OS. The van der Waals surface area contributed by atoms with Crippen molar-refractivity contribution < 1.29 is 4.74 Å². The smallest absolute Gasteiger partial charge is 0.118 e. The van der Waals surface area contributed by atoms with E-state index in [0.29, 0.717) is 5.25 Å². The maximum atomic E-state index is 6.15. The number of benzene rings is 1. The third-order valence-corrected chi connectivity index (χ3v) is 6.03. The monoisotopic (exact) mass is 294 g/mol. The minimum absolute atomic E-state index is 0.128. The third-order valence-electron chi connectivity index (χ3n) is 4.57. The lowest BCUT2D eigenvalue weighted by Gasteiger charge is -2.48. The normalized spacial score (nSPS) is 26.8. The number of hydrogen-bond donors (Lipinski definition) is 1. The Morgan fingerprint density at radius 2 is 2.10 bits per heavy atom. The lowest BCUT2D eigenvalue weighted by Crippen LogP contribution is -2.59. The third kappa shape index (κ3) is 3.13. The highest BCUT2D eigenvalue weighted by Gasteiger charge is 2.40. The van der Waals surface area contributed by atoms with Crippen LogP contribution in [0, 0.1) is 0 Å². The summed E-state index contributed by atoms with van der Waals surface area (Å²) in [5.74, 6) is 2.17. The van der Waals surface area contributed by atoms with Crippen molar-refractivity contribution >= 4 is 11.8 Å². The lowest BCUT2D eigenvalue weighted by atomic mass is 9.87. The molecule has 1 fully saturated rings. The molecule has 20 heavy (non-hydrogen) atoms. The molecule has 4 heteroatoms. The lowest BCUT2D eigenvalue weighted by molar-refractivity contribution is 0.104. The van der Waals surface area contributed by atoms with Crippen molar-refractivity contribution in [2.75, 3.05) is 26.5 Å². The van der Waals surface area contributed by atoms with E-state index in [1.165, 1.54) is 24.2 Å². The Morgan fingerprint density at radius 3 is 2.65 bits per heavy atom. The Balaban J connectivity index is 2.09. The first-order chi connectivity index (χ1) is 9.62. The van der Waals surface area contributed by atoms with Gasteiger partial charge >= 0.3 is 0 Å². The highest BCUT2D eigenvalue weighted by molar-refractivity contribution is 8.00. The van der Waals surface area contributed by atoms with Crippen molar-refractivity contribution in [2.24, 2.45) is 5.73 Å². The fraction of sp³-hybridized carbons (Fsp3) is 0.625. The van der Waals surface area contributed by atoms with Crippen molar-refractivity contribution in [2.45, 2.75) is 37.1 Å². The molecule has 1 aliphatic heterocycles. The van der Waals surface area contributed by atoms with Gasteiger partial charge in [-0.25, -0.2) is 0 Å². The molecule has 0 amide bonds. The molecular weight excluding hydrogens is 268 g/mol. The molecule has 2 atom stereocenters. The summed E-state index contributed by atoms with van der Waals surface area (Å²) in [5, 5.41) is 0.587. The number of likely N-dealkylation sites (N-methyl/N-ethyl adjacent to an activating group) is 1. The Hall–Kier alpha value is -0.710. The van der Waals surface area contributed by atoms with Crippen LogP contribution in [-0.2, 0) is 6.54 Å². The summed E-state index contributed by atoms with van der Waals surface area (Å²) in [7, 11) is 3.91. The van der Waals surface area contributed by atoms with E-state index in [0.717, 1.165) is 18.8 Å². The predicted molar refractivity (Wildman–Crippen MR) is 87.4 cm³/mol. The Labute approximate surface area is 126 Å². The van der Waals surface area contributed by atoms with E-state index in [2.05, 4.69) is 42.8 Å². The largest absolute Gasteiger partial charge is 0.497 e. The molecule has 0 spiro atoms. The molecule has 1 aromatic carbocycles. The maximum Gasteiger partial charge on any atom is 0.118 e. The van der Waals surface area contributed by atoms with Gasteiger partial charge in [-0.15, -0.1) is 0 Å². The van der Waals surface area contributed by atoms with Crippen molar-refractivity contribution in [1.29, 1.82) is 0 Å². The number of nitrogens with zero attached hydrogens (tertiary/aromatic N) is 1. The Bertz CT molecular complexity index is 423. The van der Waals surface area contributed by atoms with Crippen molar-refractivity contribution in [3.63, 3.8) is 0 Å². The van der Waals surface area contributed by atoms with Gasteiger partial charge in [-0.1, -0.05) is 19.1 Å². The highest BCUT2D eigenvalue weighted by Crippen LogP contribution is 2.37. The number of methoxy groups -OCH3 is 1. The maximum absolute atomic E-state index is 6.15. The van der Waals surface area contributed by atoms with Gasteiger partial charge in [0.1, 0.15) is 5.75 Å². The molecule has 0 radical (unpaired) electrons. The van der Waals surface area contributed by atoms with Crippen molar-refractivity contribution in [1.82, 2.24) is 4.90 Å². The van der Waals surface area contributed by atoms with Crippen LogP contribution in [0.15, 0.2) is 24.3 Å². The molecule has 2 N–H and O–H groups in total. The molecule has 2 unspecified atom stereocenters. The number of hydrogen-bond acceptors (Lipinski definition) is 4. The van der Waals surface area contributed by atoms with Crippen LogP contribution < -0.4 is 10.5 Å². The predicted octanol–water partition coefficient (Wildman–Crippen LogP) is 2.74. The molecule has 0 saturated carbocycles. The molecule has 2 rings (SSSR count). The van der Waals surface area contributed by atoms with Crippen LogP contribution in [0.3, 0.4) is 0 Å². The Morgan fingerprint density at radius 1 is 1.40 bits per heavy atom. The van der Waals surface area contributed by atoms with Crippen LogP contribution in [0.5, 0.6) is 5.75 Å². The topological polar surface area (TPSA) is 38.5 Å². The average Bonchev–Trinajstić information content (AvgIpc) is 2.48. The van der Waals surface area contributed by atoms with Crippen molar-refractivity contribution in [3.8, 4) is 5.75 Å². The summed E-state index contributed by atoms with van der Waals surface area (Å²) in [6.07, 6.45) is 2.46. The zero-order valence-electron chi connectivity index (χ0n) is 12.8. The van der Waals surface area contributed by atoms with Gasteiger partial charge in [-0.05, 0) is 43.3 Å². The fourth-order valence-electron chi connectivity index (χ4n) is 3.08. The van der Waals surface area contributed by atoms with Crippen LogP contribution in [0.1, 0.15) is 25.3 Å². The molecule has 0 aliphatic carbocycles. The minimum Gasteiger partial charge on any atom is -0.497 e. The first-order valence-electron chi connectivity index (χ1n) is 7.28. The van der Waals surface area contributed by atoms with Crippen LogP contribution in [0.25, 0.3) is 0 Å². The van der Waals surface area contributed by atoms with E-state index in [9.17, 15) is 0 Å². The molecule has 1 aliphatic rings. The van der Waals surface area contributed by atoms with E-state index in [1.807, 2.05) is 12.1 Å². The quantitative estimate of drug-likeness (QED) is 0.906. The van der Waals surface area contributed by atoms with Gasteiger partial charge in [0.15, 0.2) is 0 Å². The van der Waals surface area contributed by atoms with Gasteiger partial charge in [0.05, 0.1) is 7.11 Å². The number of thioether (sulfide) groups is 1. The second-order valence-corrected chi connectivity index (χ2v) is 7.08. The van der Waals surface area contributed by atoms with Crippen LogP contribution in [-0.4, -0.2) is 42.1 Å². The summed E-state index contributed by atoms with van der Waals surface area (Å²) in [4.78, 5) is 2.45. The molecule has 1 aromatic rings. The summed E-state index contributed by atoms with van der Waals surface area (Å²) in [6, 6.07) is 8.33. The molecule has 1 heterocycles. The molecule has 0 bridgehead atoms. The summed E-state index contributed by atoms with van der Waals surface area (Å²) < 4.78 is 5.21. The first kappa shape index (κ1) is 15.7. The van der Waals surface area contributed by atoms with Gasteiger partial charge in [0, 0.05) is 23.9 Å². The molecule has 3 nitrogen and oxygen atoms in total.